The molecule has 0 bridgehead atoms. The molecule has 0 rings (SSSR count). The number of hydrogen-bond acceptors (Lipinski definition) is 8. The number of carbonyl (C=O) groups excluding carboxylic acids is 1. The number of hydrogen-bond donors (Lipinski definition) is 5. The molecule has 0 radical (unpaired) electrons. The van der Waals surface area contributed by atoms with Crippen molar-refractivity contribution in [2.45, 2.75) is 37.9 Å². The van der Waals surface area contributed by atoms with E-state index >= 15 is 0 Å². The van der Waals surface area contributed by atoms with Crippen molar-refractivity contribution in [2.24, 2.45) is 0 Å². The van der Waals surface area contributed by atoms with Crippen molar-refractivity contribution in [3.05, 3.63) is 0 Å². The van der Waals surface area contributed by atoms with Gasteiger partial charge in [0.1, 0.15) is 0 Å². The molecule has 0 aromatic carbocycles. The van der Waals surface area contributed by atoms with Crippen LogP contribution in [0.5, 0.6) is 0 Å². The molecule has 5 N–H and O–H groups in total. The Morgan fingerprint density at radius 2 is 1.82 bits per heavy atom. The van der Waals surface area contributed by atoms with Gasteiger partial charge in [0.05, 0.1) is 18.3 Å². The molecule has 3 unspecified atom stereocenters. The van der Waals surface area contributed by atoms with E-state index in [1.165, 1.54) is 0 Å². The summed E-state index contributed by atoms with van der Waals surface area (Å²) in [6, 6.07) is 0. The molecule has 0 aliphatic heterocycles. The van der Waals surface area contributed by atoms with Crippen LogP contribution in [0.4, 0.5) is 0 Å². The molecule has 0 fully saturated rings. The second-order valence-corrected chi connectivity index (χ2v) is 7.40. The molecule has 0 spiro atoms. The minimum atomic E-state index is -5.21. The summed E-state index contributed by atoms with van der Waals surface area (Å²) >= 11 is 0. The van der Waals surface area contributed by atoms with Crippen LogP contribution < -0.4 is 24.0 Å². The summed E-state index contributed by atoms with van der Waals surface area (Å²) in [6.45, 7) is 0.539. The van der Waals surface area contributed by atoms with Gasteiger partial charge < -0.3 is 34.8 Å². The normalized spacial score (nSPS) is 18.6. The van der Waals surface area contributed by atoms with E-state index in [0.29, 0.717) is 0 Å². The van der Waals surface area contributed by atoms with Gasteiger partial charge in [-0.2, -0.15) is 4.31 Å². The predicted molar refractivity (Wildman–Crippen MR) is 64.4 cm³/mol. The number of phosphoric ester groups is 1. The van der Waals surface area contributed by atoms with E-state index in [-0.39, 0.29) is 31.7 Å². The molecule has 0 amide bonds. The van der Waals surface area contributed by atoms with Crippen LogP contribution in [0.15, 0.2) is 0 Å². The van der Waals surface area contributed by atoms with Crippen LogP contribution in [0.3, 0.4) is 0 Å². The summed E-state index contributed by atoms with van der Waals surface area (Å²) < 4.78 is 29.1. The number of aliphatic hydroxyl groups is 2. The molecule has 0 heterocycles. The molecule has 0 aromatic heterocycles. The van der Waals surface area contributed by atoms with E-state index < -0.39 is 46.3 Å². The van der Waals surface area contributed by atoms with Gasteiger partial charge in [0.25, 0.3) is 0 Å². The van der Waals surface area contributed by atoms with E-state index in [0.717, 1.165) is 6.92 Å². The van der Waals surface area contributed by atoms with Gasteiger partial charge in [-0.25, -0.2) is 9.13 Å². The molecule has 22 heavy (non-hydrogen) atoms. The number of carbonyl (C=O) groups is 1. The summed E-state index contributed by atoms with van der Waals surface area (Å²) in [6.07, 6.45) is -2.68. The molecular formula is C8H17LiO11P2. The van der Waals surface area contributed by atoms with Crippen molar-refractivity contribution in [2.75, 3.05) is 6.61 Å². The maximum absolute atomic E-state index is 11.0. The van der Waals surface area contributed by atoms with Crippen LogP contribution in [-0.4, -0.2) is 49.2 Å². The minimum absolute atomic E-state index is 0. The third-order valence-electron chi connectivity index (χ3n) is 2.12. The maximum atomic E-state index is 11.0. The van der Waals surface area contributed by atoms with Crippen LogP contribution in [0.25, 0.3) is 0 Å². The van der Waals surface area contributed by atoms with Crippen molar-refractivity contribution in [3.8, 4) is 0 Å². The summed E-state index contributed by atoms with van der Waals surface area (Å²) in [4.78, 5) is 35.9. The minimum Gasteiger partial charge on any atom is -0.550 e. The first-order valence-corrected chi connectivity index (χ1v) is 8.59. The van der Waals surface area contributed by atoms with Gasteiger partial charge in [0.15, 0.2) is 0 Å². The van der Waals surface area contributed by atoms with Gasteiger partial charge in [-0.05, 0) is 13.3 Å². The third-order valence-corrected chi connectivity index (χ3v) is 4.30. The smallest absolute Gasteiger partial charge is 0.550 e. The van der Waals surface area contributed by atoms with Crippen LogP contribution in [0, 0.1) is 0 Å². The predicted octanol–water partition coefficient (Wildman–Crippen LogP) is -4.75. The molecule has 14 heteroatoms. The second-order valence-electron chi connectivity index (χ2n) is 4.57. The van der Waals surface area contributed by atoms with Gasteiger partial charge in [-0.15, -0.1) is 0 Å². The molecule has 0 saturated carbocycles. The first-order chi connectivity index (χ1) is 9.22. The van der Waals surface area contributed by atoms with E-state index in [4.69, 9.17) is 14.7 Å². The molecular weight excluding hydrogens is 341 g/mol. The zero-order chi connectivity index (χ0) is 16.9. The van der Waals surface area contributed by atoms with Gasteiger partial charge in [-0.3, -0.25) is 4.52 Å². The van der Waals surface area contributed by atoms with Crippen molar-refractivity contribution >= 4 is 21.6 Å². The topological polar surface area (TPSA) is 194 Å². The number of aliphatic carboxylic acids is 1. The van der Waals surface area contributed by atoms with E-state index in [9.17, 15) is 29.2 Å². The Morgan fingerprint density at radius 3 is 2.23 bits per heavy atom. The Labute approximate surface area is 138 Å². The van der Waals surface area contributed by atoms with Crippen LogP contribution in [0.2, 0.25) is 0 Å². The summed E-state index contributed by atoms with van der Waals surface area (Å²) in [5.74, 6) is -1.52. The first-order valence-electron chi connectivity index (χ1n) is 5.57. The molecule has 11 nitrogen and oxygen atoms in total. The van der Waals surface area contributed by atoms with E-state index in [2.05, 4.69) is 8.83 Å². The van der Waals surface area contributed by atoms with Crippen LogP contribution >= 0.6 is 15.6 Å². The Kier molecular flexibility index (Phi) is 10.6. The van der Waals surface area contributed by atoms with Gasteiger partial charge >= 0.3 is 34.5 Å². The molecule has 126 valence electrons. The second kappa shape index (κ2) is 9.52. The maximum Gasteiger partial charge on any atom is 1.00 e. The Bertz CT molecular complexity index is 447. The fourth-order valence-corrected chi connectivity index (χ4v) is 3.05. The zero-order valence-electron chi connectivity index (χ0n) is 12.0. The number of carboxylic acids is 1. The SMILES string of the molecule is CC(O)(CC(=O)[O-])CC(O)CCOP(=O)(O)OP(=O)(O)O.[Li+]. The Hall–Kier alpha value is 0.247. The third kappa shape index (κ3) is 13.9. The average molecular weight is 358 g/mol. The number of rotatable bonds is 10. The van der Waals surface area contributed by atoms with Crippen molar-refractivity contribution in [3.63, 3.8) is 0 Å². The number of phosphoric acid groups is 2. The van der Waals surface area contributed by atoms with Gasteiger partial charge in [-0.1, -0.05) is 0 Å². The first kappa shape index (κ1) is 24.5. The van der Waals surface area contributed by atoms with Gasteiger partial charge in [0, 0.05) is 18.8 Å². The van der Waals surface area contributed by atoms with Crippen molar-refractivity contribution < 1.29 is 71.6 Å². The van der Waals surface area contributed by atoms with Crippen LogP contribution in [-0.2, 0) is 22.8 Å². The molecule has 0 aromatic rings. The Balaban J connectivity index is 0. The molecule has 0 saturated heterocycles. The van der Waals surface area contributed by atoms with Crippen molar-refractivity contribution in [1.29, 1.82) is 0 Å². The fourth-order valence-electron chi connectivity index (χ4n) is 1.45. The van der Waals surface area contributed by atoms with E-state index in [1.54, 1.807) is 0 Å². The Morgan fingerprint density at radius 1 is 1.32 bits per heavy atom. The number of aliphatic hydroxyl groups excluding tert-OH is 1. The van der Waals surface area contributed by atoms with Gasteiger partial charge in [0.2, 0.25) is 0 Å². The monoisotopic (exact) mass is 358 g/mol. The largest absolute Gasteiger partial charge is 1.00 e. The number of carboxylic acid groups (broad SMARTS) is 1. The summed E-state index contributed by atoms with van der Waals surface area (Å²) in [5, 5.41) is 29.5. The molecule has 0 aliphatic carbocycles. The summed E-state index contributed by atoms with van der Waals surface area (Å²) in [5.41, 5.74) is -1.75. The fraction of sp³-hybridized carbons (Fsp3) is 0.875. The quantitative estimate of drug-likeness (QED) is 0.186. The van der Waals surface area contributed by atoms with Crippen molar-refractivity contribution in [1.82, 2.24) is 0 Å². The standard InChI is InChI=1S/C8H18O11P2.Li/c1-8(12,5-7(10)11)4-6(9)2-3-18-21(16,17)19-20(13,14)15;/h6,9,12H,2-5H2,1H3,(H,10,11)(H,16,17)(H2,13,14,15);/q;+1/p-1. The van der Waals surface area contributed by atoms with Crippen LogP contribution in [0.1, 0.15) is 26.2 Å². The zero-order valence-corrected chi connectivity index (χ0v) is 13.8. The molecule has 0 aliphatic rings. The summed E-state index contributed by atoms with van der Waals surface area (Å²) in [7, 11) is -10.2. The van der Waals surface area contributed by atoms with E-state index in [1.807, 2.05) is 0 Å². The average Bonchev–Trinajstić information content (AvgIpc) is 2.08. The molecule has 3 atom stereocenters.